The lowest BCUT2D eigenvalue weighted by Crippen LogP contribution is -2.27. The van der Waals surface area contributed by atoms with Gasteiger partial charge in [0.05, 0.1) is 39.1 Å². The van der Waals surface area contributed by atoms with Crippen LogP contribution < -0.4 is 43.2 Å². The number of nitrogen functional groups attached to an aromatic ring is 2. The third kappa shape index (κ3) is 4.29. The van der Waals surface area contributed by atoms with E-state index in [4.69, 9.17) is 16.7 Å². The minimum atomic E-state index is -5.32. The standard InChI is InChI=1S/C28H14N4O13S3/c29-17-13-15(26(36)12-7-8(47(38,39)40)5-6-11(12)24(13)34)19-21(27(17)46-45-44-37)31-20-16-14(18(30)28(22(20)32-19)48(41,42)43)23(33)9-3-1-2-4-10(9)25(16)35/h1-7,37H,29-30H2,(H,38,39,40)(H,41,42,43)/p+2. The molecule has 17 nitrogen and oxygen atoms in total. The molecule has 6 aromatic carbocycles. The third-order valence-electron chi connectivity index (χ3n) is 7.99. The van der Waals surface area contributed by atoms with Crippen LogP contribution in [0, 0.1) is 0 Å². The van der Waals surface area contributed by atoms with Gasteiger partial charge < -0.3 is 11.5 Å². The number of fused-ring (bicyclic) bond motifs is 8. The van der Waals surface area contributed by atoms with Gasteiger partial charge in [0.15, 0.2) is 15.8 Å². The molecular formula is C28H16N4O13S3+2. The van der Waals surface area contributed by atoms with Gasteiger partial charge in [-0.15, -0.1) is 4.33 Å². The normalized spacial score (nSPS) is 12.7. The Bertz CT molecular complexity index is 3110. The zero-order valence-corrected chi connectivity index (χ0v) is 25.8. The first-order valence-electron chi connectivity index (χ1n) is 13.1. The highest BCUT2D eigenvalue weighted by Gasteiger charge is 2.37. The molecule has 0 radical (unpaired) electrons. The minimum absolute atomic E-state index is 0.0626. The van der Waals surface area contributed by atoms with Crippen LogP contribution in [0.2, 0.25) is 0 Å². The highest BCUT2D eigenvalue weighted by atomic mass is 32.2. The molecule has 20 heteroatoms. The summed E-state index contributed by atoms with van der Waals surface area (Å²) in [6.45, 7) is 0. The zero-order valence-electron chi connectivity index (χ0n) is 23.3. The Balaban J connectivity index is 1.85. The van der Waals surface area contributed by atoms with Crippen LogP contribution in [-0.4, -0.2) is 31.2 Å². The van der Waals surface area contributed by atoms with E-state index < -0.39 is 107 Å². The highest BCUT2D eigenvalue weighted by molar-refractivity contribution is 7.95. The highest BCUT2D eigenvalue weighted by Crippen LogP contribution is 2.38. The van der Waals surface area contributed by atoms with Crippen LogP contribution in [-0.2, 0) is 29.6 Å². The van der Waals surface area contributed by atoms with Gasteiger partial charge in [-0.2, -0.15) is 26.8 Å². The molecule has 0 atom stereocenters. The van der Waals surface area contributed by atoms with Gasteiger partial charge in [0.25, 0.3) is 26.7 Å². The zero-order chi connectivity index (χ0) is 34.6. The Hall–Kier alpha value is -5.19. The Morgan fingerprint density at radius 1 is 0.625 bits per heavy atom. The average molecular weight is 713 g/mol. The van der Waals surface area contributed by atoms with Crippen molar-refractivity contribution in [1.82, 2.24) is 0 Å². The Morgan fingerprint density at radius 2 is 1.12 bits per heavy atom. The number of H-pyrrole nitrogens is 2. The lowest BCUT2D eigenvalue weighted by Gasteiger charge is -2.10. The number of rotatable bonds is 5. The summed E-state index contributed by atoms with van der Waals surface area (Å²) in [6, 6.07) is 8.25. The summed E-state index contributed by atoms with van der Waals surface area (Å²) in [5.74, 6) is 0. The first-order valence-corrected chi connectivity index (χ1v) is 16.7. The molecule has 48 heavy (non-hydrogen) atoms. The van der Waals surface area contributed by atoms with Crippen LogP contribution in [0.15, 0.2) is 76.3 Å². The van der Waals surface area contributed by atoms with Crippen molar-refractivity contribution in [2.45, 2.75) is 14.7 Å². The molecule has 1 heterocycles. The number of nitrogens with two attached hydrogens (primary N) is 2. The smallest absolute Gasteiger partial charge is 0.303 e. The van der Waals surface area contributed by atoms with Crippen molar-refractivity contribution < 1.29 is 50.5 Å². The summed E-state index contributed by atoms with van der Waals surface area (Å²) in [4.78, 5) is 58.8. The van der Waals surface area contributed by atoms with Crippen molar-refractivity contribution in [3.63, 3.8) is 0 Å². The number of nitrogens with one attached hydrogen (secondary N) is 2. The third-order valence-corrected chi connectivity index (χ3v) is 10.5. The van der Waals surface area contributed by atoms with E-state index in [-0.39, 0.29) is 38.6 Å². The second-order valence-corrected chi connectivity index (χ2v) is 14.0. The maximum absolute atomic E-state index is 14.1. The summed E-state index contributed by atoms with van der Waals surface area (Å²) in [5, 5.41) is 9.65. The number of aromatic nitrogens is 2. The predicted molar refractivity (Wildman–Crippen MR) is 171 cm³/mol. The summed E-state index contributed by atoms with van der Waals surface area (Å²) >= 11 is 0.220. The predicted octanol–water partition coefficient (Wildman–Crippen LogP) is 0.637. The average Bonchev–Trinajstić information content (AvgIpc) is 3.03. The molecule has 0 bridgehead atoms. The van der Waals surface area contributed by atoms with Crippen LogP contribution in [0.25, 0.3) is 65.2 Å². The van der Waals surface area contributed by atoms with Crippen molar-refractivity contribution in [3.8, 4) is 0 Å². The van der Waals surface area contributed by atoms with Gasteiger partial charge in [-0.25, -0.2) is 5.26 Å². The van der Waals surface area contributed by atoms with E-state index in [0.29, 0.717) is 0 Å². The fourth-order valence-corrected chi connectivity index (χ4v) is 7.87. The van der Waals surface area contributed by atoms with Gasteiger partial charge in [0.2, 0.25) is 10.9 Å². The van der Waals surface area contributed by atoms with E-state index in [1.54, 1.807) is 0 Å². The van der Waals surface area contributed by atoms with Gasteiger partial charge in [0, 0.05) is 21.5 Å². The quantitative estimate of drug-likeness (QED) is 0.0311. The van der Waals surface area contributed by atoms with Gasteiger partial charge in [0.1, 0.15) is 15.7 Å². The van der Waals surface area contributed by atoms with Crippen molar-refractivity contribution in [2.75, 3.05) is 11.5 Å². The van der Waals surface area contributed by atoms with E-state index in [1.165, 1.54) is 24.3 Å². The van der Waals surface area contributed by atoms with E-state index in [1.807, 2.05) is 0 Å². The molecule has 7 aromatic rings. The number of hydrogen-bond acceptors (Lipinski definition) is 14. The molecule has 0 spiro atoms. The first-order chi connectivity index (χ1) is 22.6. The van der Waals surface area contributed by atoms with E-state index >= 15 is 0 Å². The lowest BCUT2D eigenvalue weighted by molar-refractivity contribution is -0.432. The number of benzene rings is 6. The maximum Gasteiger partial charge on any atom is 0.303 e. The van der Waals surface area contributed by atoms with E-state index in [9.17, 15) is 45.1 Å². The molecule has 0 unspecified atom stereocenters. The van der Waals surface area contributed by atoms with Crippen molar-refractivity contribution in [3.05, 3.63) is 83.4 Å². The second kappa shape index (κ2) is 10.4. The largest absolute Gasteiger partial charge is 0.397 e. The molecule has 7 rings (SSSR count). The van der Waals surface area contributed by atoms with Crippen molar-refractivity contribution in [2.24, 2.45) is 0 Å². The van der Waals surface area contributed by atoms with Gasteiger partial charge in [-0.05, 0) is 18.2 Å². The molecule has 0 saturated carbocycles. The van der Waals surface area contributed by atoms with Gasteiger partial charge in [-0.3, -0.25) is 28.3 Å². The lowest BCUT2D eigenvalue weighted by atomic mass is 9.98. The molecule has 0 aliphatic rings. The molecule has 0 saturated heterocycles. The Morgan fingerprint density at radius 3 is 1.69 bits per heavy atom. The molecule has 1 aromatic heterocycles. The van der Waals surface area contributed by atoms with Gasteiger partial charge >= 0.3 is 15.6 Å². The molecule has 0 aliphatic carbocycles. The molecular weight excluding hydrogens is 697 g/mol. The van der Waals surface area contributed by atoms with Crippen molar-refractivity contribution >= 4 is 109 Å². The summed E-state index contributed by atoms with van der Waals surface area (Å²) in [6.07, 6.45) is 0. The fourth-order valence-electron chi connectivity index (χ4n) is 6.05. The second-order valence-electron chi connectivity index (χ2n) is 10.5. The number of aromatic amines is 2. The Kier molecular flexibility index (Phi) is 6.81. The van der Waals surface area contributed by atoms with Crippen LogP contribution >= 0.6 is 12.0 Å². The molecule has 9 N–H and O–H groups in total. The van der Waals surface area contributed by atoms with Crippen LogP contribution in [0.1, 0.15) is 0 Å². The van der Waals surface area contributed by atoms with Crippen LogP contribution in [0.3, 0.4) is 0 Å². The maximum atomic E-state index is 14.1. The van der Waals surface area contributed by atoms with Gasteiger partial charge in [-0.1, -0.05) is 29.3 Å². The summed E-state index contributed by atoms with van der Waals surface area (Å²) in [7, 11) is -10.2. The number of anilines is 2. The summed E-state index contributed by atoms with van der Waals surface area (Å²) in [5.41, 5.74) is 6.05. The van der Waals surface area contributed by atoms with Crippen molar-refractivity contribution in [1.29, 1.82) is 0 Å². The monoisotopic (exact) mass is 712 g/mol. The Labute approximate surface area is 268 Å². The molecule has 0 amide bonds. The van der Waals surface area contributed by atoms with Crippen LogP contribution in [0.5, 0.6) is 0 Å². The topological polar surface area (TPSA) is 296 Å². The molecule has 0 fully saturated rings. The first kappa shape index (κ1) is 31.4. The SMILES string of the molecule is Nc1c(SOOO)c2[nH+]c3c([nH+]c2c2c(=O)c4cc(S(=O)(=O)O)ccc4c(=O)c12)c(S(=O)(=O)O)c(N)c1c(=O)c2ccccc2c(=O)c13. The summed E-state index contributed by atoms with van der Waals surface area (Å²) < 4.78 is 73.9. The molecule has 0 aliphatic heterocycles. The number of hydrogen-bond donors (Lipinski definition) is 5. The van der Waals surface area contributed by atoms with E-state index in [0.717, 1.165) is 18.2 Å². The minimum Gasteiger partial charge on any atom is -0.397 e. The molecule has 242 valence electrons. The fraction of sp³-hybridized carbons (Fsp3) is 0. The van der Waals surface area contributed by atoms with E-state index in [2.05, 4.69) is 19.3 Å². The van der Waals surface area contributed by atoms with Crippen LogP contribution in [0.4, 0.5) is 11.4 Å².